The number of carbonyl (C=O) groups excluding carboxylic acids is 1. The van der Waals surface area contributed by atoms with Crippen LogP contribution in [0.2, 0.25) is 0 Å². The van der Waals surface area contributed by atoms with Gasteiger partial charge in [-0.15, -0.1) is 0 Å². The van der Waals surface area contributed by atoms with E-state index in [1.807, 2.05) is 0 Å². The van der Waals surface area contributed by atoms with Crippen LogP contribution in [0.25, 0.3) is 0 Å². The minimum absolute atomic E-state index is 0.0158. The maximum Gasteiger partial charge on any atom is 0.243 e. The number of Topliss-reactive ketones (excluding diaryl/α,β-unsaturated/α-hetero) is 1. The van der Waals surface area contributed by atoms with Gasteiger partial charge in [-0.1, -0.05) is 6.42 Å². The van der Waals surface area contributed by atoms with Crippen molar-refractivity contribution in [3.63, 3.8) is 0 Å². The summed E-state index contributed by atoms with van der Waals surface area (Å²) in [6.07, 6.45) is 2.64. The summed E-state index contributed by atoms with van der Waals surface area (Å²) in [5.41, 5.74) is 0.391. The van der Waals surface area contributed by atoms with Crippen molar-refractivity contribution in [1.82, 2.24) is 4.31 Å². The number of hydrogen-bond acceptors (Lipinski definition) is 3. The average molecular weight is 313 g/mol. The molecule has 2 rings (SSSR count). The highest BCUT2D eigenvalue weighted by Crippen LogP contribution is 2.29. The SMILES string of the molecule is CC(=O)CC1CCCCN1S(=O)(=O)c1ccc(F)cc1C. The summed E-state index contributed by atoms with van der Waals surface area (Å²) in [6, 6.07) is 3.39. The molecule has 4 nitrogen and oxygen atoms in total. The topological polar surface area (TPSA) is 54.5 Å². The summed E-state index contributed by atoms with van der Waals surface area (Å²) in [4.78, 5) is 11.5. The van der Waals surface area contributed by atoms with Crippen molar-refractivity contribution < 1.29 is 17.6 Å². The average Bonchev–Trinajstić information content (AvgIpc) is 2.37. The van der Waals surface area contributed by atoms with Gasteiger partial charge in [-0.2, -0.15) is 4.31 Å². The standard InChI is InChI=1S/C15H20FNO3S/c1-11-9-13(16)6-7-15(11)21(19,20)17-8-4-3-5-14(17)10-12(2)18/h6-7,9,14H,3-5,8,10H2,1-2H3. The Morgan fingerprint density at radius 2 is 2.10 bits per heavy atom. The van der Waals surface area contributed by atoms with E-state index in [0.717, 1.165) is 18.9 Å². The molecule has 1 unspecified atom stereocenters. The zero-order chi connectivity index (χ0) is 15.6. The highest BCUT2D eigenvalue weighted by molar-refractivity contribution is 7.89. The maximum absolute atomic E-state index is 13.2. The Balaban J connectivity index is 2.38. The van der Waals surface area contributed by atoms with Crippen molar-refractivity contribution in [3.8, 4) is 0 Å². The molecule has 1 fully saturated rings. The predicted molar refractivity (Wildman–Crippen MR) is 78.0 cm³/mol. The van der Waals surface area contributed by atoms with E-state index in [1.165, 1.54) is 23.4 Å². The van der Waals surface area contributed by atoms with Gasteiger partial charge in [-0.05, 0) is 50.5 Å². The highest BCUT2D eigenvalue weighted by Gasteiger charge is 2.34. The van der Waals surface area contributed by atoms with Gasteiger partial charge in [0.05, 0.1) is 4.90 Å². The second kappa shape index (κ2) is 6.23. The van der Waals surface area contributed by atoms with Crippen LogP contribution in [0.3, 0.4) is 0 Å². The number of sulfonamides is 1. The highest BCUT2D eigenvalue weighted by atomic mass is 32.2. The van der Waals surface area contributed by atoms with E-state index in [9.17, 15) is 17.6 Å². The molecule has 1 aromatic rings. The molecule has 1 heterocycles. The van der Waals surface area contributed by atoms with Crippen LogP contribution in [-0.4, -0.2) is 31.1 Å². The van der Waals surface area contributed by atoms with Crippen molar-refractivity contribution in [3.05, 3.63) is 29.6 Å². The normalized spacial score (nSPS) is 20.4. The molecule has 0 N–H and O–H groups in total. The molecule has 116 valence electrons. The summed E-state index contributed by atoms with van der Waals surface area (Å²) in [6.45, 7) is 3.47. The van der Waals surface area contributed by atoms with E-state index < -0.39 is 15.8 Å². The molecule has 6 heteroatoms. The first-order valence-corrected chi connectivity index (χ1v) is 8.54. The molecule has 0 aliphatic carbocycles. The lowest BCUT2D eigenvalue weighted by Gasteiger charge is -2.34. The predicted octanol–water partition coefficient (Wildman–Crippen LogP) is 2.66. The van der Waals surface area contributed by atoms with Gasteiger partial charge in [0.25, 0.3) is 0 Å². The van der Waals surface area contributed by atoms with Crippen LogP contribution in [0.15, 0.2) is 23.1 Å². The minimum Gasteiger partial charge on any atom is -0.300 e. The number of benzene rings is 1. The van der Waals surface area contributed by atoms with Gasteiger partial charge in [-0.3, -0.25) is 4.79 Å². The van der Waals surface area contributed by atoms with Crippen LogP contribution in [0, 0.1) is 12.7 Å². The first-order chi connectivity index (χ1) is 9.82. The molecule has 0 amide bonds. The van der Waals surface area contributed by atoms with Gasteiger partial charge in [0.1, 0.15) is 11.6 Å². The zero-order valence-corrected chi connectivity index (χ0v) is 13.1. The molecular weight excluding hydrogens is 293 g/mol. The van der Waals surface area contributed by atoms with Crippen LogP contribution < -0.4 is 0 Å². The van der Waals surface area contributed by atoms with Crippen LogP contribution in [0.1, 0.15) is 38.2 Å². The summed E-state index contributed by atoms with van der Waals surface area (Å²) < 4.78 is 40.2. The molecule has 0 saturated carbocycles. The first kappa shape index (κ1) is 16.1. The zero-order valence-electron chi connectivity index (χ0n) is 12.3. The fourth-order valence-corrected chi connectivity index (χ4v) is 4.76. The Morgan fingerprint density at radius 1 is 1.38 bits per heavy atom. The minimum atomic E-state index is -3.69. The molecule has 0 radical (unpaired) electrons. The molecule has 21 heavy (non-hydrogen) atoms. The van der Waals surface area contributed by atoms with Crippen molar-refractivity contribution in [2.24, 2.45) is 0 Å². The summed E-state index contributed by atoms with van der Waals surface area (Å²) in [5, 5.41) is 0. The lowest BCUT2D eigenvalue weighted by molar-refractivity contribution is -0.118. The fourth-order valence-electron chi connectivity index (χ4n) is 2.85. The second-order valence-electron chi connectivity index (χ2n) is 5.58. The number of hydrogen-bond donors (Lipinski definition) is 0. The van der Waals surface area contributed by atoms with Crippen molar-refractivity contribution in [1.29, 1.82) is 0 Å². The summed E-state index contributed by atoms with van der Waals surface area (Å²) in [7, 11) is -3.69. The van der Waals surface area contributed by atoms with Gasteiger partial charge < -0.3 is 0 Å². The van der Waals surface area contributed by atoms with E-state index in [0.29, 0.717) is 18.5 Å². The number of carbonyl (C=O) groups is 1. The Labute approximate surface area is 125 Å². The lowest BCUT2D eigenvalue weighted by atomic mass is 10.0. The number of nitrogens with zero attached hydrogens (tertiary/aromatic N) is 1. The third-order valence-electron chi connectivity index (χ3n) is 3.82. The molecular formula is C15H20FNO3S. The van der Waals surface area contributed by atoms with Crippen molar-refractivity contribution in [2.45, 2.75) is 50.5 Å². The van der Waals surface area contributed by atoms with Gasteiger partial charge >= 0.3 is 0 Å². The van der Waals surface area contributed by atoms with E-state index >= 15 is 0 Å². The lowest BCUT2D eigenvalue weighted by Crippen LogP contribution is -2.44. The van der Waals surface area contributed by atoms with E-state index in [2.05, 4.69) is 0 Å². The smallest absolute Gasteiger partial charge is 0.243 e. The molecule has 1 saturated heterocycles. The van der Waals surface area contributed by atoms with Crippen LogP contribution in [-0.2, 0) is 14.8 Å². The van der Waals surface area contributed by atoms with Gasteiger partial charge in [0.15, 0.2) is 0 Å². The molecule has 1 aliphatic rings. The number of halogens is 1. The number of rotatable bonds is 4. The van der Waals surface area contributed by atoms with Crippen LogP contribution in [0.5, 0.6) is 0 Å². The quantitative estimate of drug-likeness (QED) is 0.858. The molecule has 0 aromatic heterocycles. The van der Waals surface area contributed by atoms with Crippen molar-refractivity contribution in [2.75, 3.05) is 6.54 Å². The number of aryl methyl sites for hydroxylation is 1. The Morgan fingerprint density at radius 3 is 2.71 bits per heavy atom. The van der Waals surface area contributed by atoms with Gasteiger partial charge in [0.2, 0.25) is 10.0 Å². The largest absolute Gasteiger partial charge is 0.300 e. The molecule has 0 spiro atoms. The monoisotopic (exact) mass is 313 g/mol. The third kappa shape index (κ3) is 3.49. The Hall–Kier alpha value is -1.27. The van der Waals surface area contributed by atoms with E-state index in [-0.39, 0.29) is 23.1 Å². The molecule has 0 bridgehead atoms. The van der Waals surface area contributed by atoms with E-state index in [1.54, 1.807) is 6.92 Å². The first-order valence-electron chi connectivity index (χ1n) is 7.10. The molecule has 1 aliphatic heterocycles. The van der Waals surface area contributed by atoms with Crippen LogP contribution in [0.4, 0.5) is 4.39 Å². The number of ketones is 1. The van der Waals surface area contributed by atoms with Crippen LogP contribution >= 0.6 is 0 Å². The second-order valence-corrected chi connectivity index (χ2v) is 7.44. The van der Waals surface area contributed by atoms with Gasteiger partial charge in [0, 0.05) is 19.0 Å². The number of piperidine rings is 1. The summed E-state index contributed by atoms with van der Waals surface area (Å²) in [5.74, 6) is -0.469. The summed E-state index contributed by atoms with van der Waals surface area (Å²) >= 11 is 0. The van der Waals surface area contributed by atoms with Crippen molar-refractivity contribution >= 4 is 15.8 Å². The molecule has 1 atom stereocenters. The Kier molecular flexibility index (Phi) is 4.78. The van der Waals surface area contributed by atoms with E-state index in [4.69, 9.17) is 0 Å². The fraction of sp³-hybridized carbons (Fsp3) is 0.533. The third-order valence-corrected chi connectivity index (χ3v) is 5.93. The Bertz CT molecular complexity index is 642. The molecule has 1 aromatic carbocycles. The maximum atomic E-state index is 13.2. The van der Waals surface area contributed by atoms with Gasteiger partial charge in [-0.25, -0.2) is 12.8 Å².